The summed E-state index contributed by atoms with van der Waals surface area (Å²) in [5.41, 5.74) is -0.0744. The lowest BCUT2D eigenvalue weighted by Crippen LogP contribution is -2.31. The van der Waals surface area contributed by atoms with Crippen molar-refractivity contribution in [3.8, 4) is 0 Å². The highest BCUT2D eigenvalue weighted by Crippen LogP contribution is 2.37. The fraction of sp³-hybridized carbons (Fsp3) is 0.167. The lowest BCUT2D eigenvalue weighted by molar-refractivity contribution is -0.138. The normalized spacial score (nSPS) is 15.5. The molecule has 0 saturated heterocycles. The standard InChI is InChI=1S/C24H19F3N2O3S/c1-2-29-19-13-15(22(30)28-14-16-7-3-5-9-18(16)24(25,26)27)11-12-21(19)33(32)20-10-6-4-8-17(20)23(29)31/h3-13H,2,14H2,1H3,(H,28,30). The van der Waals surface area contributed by atoms with E-state index < -0.39 is 28.8 Å². The van der Waals surface area contributed by atoms with Crippen LogP contribution in [0.3, 0.4) is 0 Å². The molecule has 0 bridgehead atoms. The Labute approximate surface area is 191 Å². The van der Waals surface area contributed by atoms with Crippen LogP contribution in [0.4, 0.5) is 18.9 Å². The highest BCUT2D eigenvalue weighted by atomic mass is 32.2. The number of carbonyl (C=O) groups excluding carboxylic acids is 2. The second-order valence-corrected chi connectivity index (χ2v) is 8.75. The largest absolute Gasteiger partial charge is 0.606 e. The molecule has 9 heteroatoms. The minimum absolute atomic E-state index is 0.0602. The van der Waals surface area contributed by atoms with Crippen molar-refractivity contribution in [2.75, 3.05) is 11.4 Å². The number of alkyl halides is 3. The first-order chi connectivity index (χ1) is 15.7. The first kappa shape index (κ1) is 22.9. The molecule has 4 rings (SSSR count). The molecule has 3 aromatic rings. The van der Waals surface area contributed by atoms with Gasteiger partial charge in [0, 0.05) is 29.8 Å². The van der Waals surface area contributed by atoms with E-state index in [1.54, 1.807) is 31.2 Å². The van der Waals surface area contributed by atoms with Crippen molar-refractivity contribution < 1.29 is 27.3 Å². The average molecular weight is 472 g/mol. The molecule has 33 heavy (non-hydrogen) atoms. The van der Waals surface area contributed by atoms with Gasteiger partial charge in [0.25, 0.3) is 11.8 Å². The summed E-state index contributed by atoms with van der Waals surface area (Å²) in [5.74, 6) is -0.942. The number of anilines is 1. The first-order valence-electron chi connectivity index (χ1n) is 10.1. The molecule has 1 heterocycles. The SMILES string of the molecule is CCN1C(=O)c2ccccc2[S+]([O-])c2ccc(C(=O)NCc3ccccc3C(F)(F)F)cc21. The third-order valence-electron chi connectivity index (χ3n) is 5.35. The van der Waals surface area contributed by atoms with Gasteiger partial charge in [0.05, 0.1) is 11.1 Å². The van der Waals surface area contributed by atoms with Crippen molar-refractivity contribution in [1.29, 1.82) is 0 Å². The van der Waals surface area contributed by atoms with E-state index in [1.165, 1.54) is 41.3 Å². The molecule has 0 aliphatic carbocycles. The van der Waals surface area contributed by atoms with Crippen LogP contribution in [0, 0.1) is 0 Å². The molecule has 0 saturated carbocycles. The maximum atomic E-state index is 13.2. The fourth-order valence-electron chi connectivity index (χ4n) is 3.75. The Morgan fingerprint density at radius 2 is 1.73 bits per heavy atom. The van der Waals surface area contributed by atoms with Crippen molar-refractivity contribution in [1.82, 2.24) is 5.32 Å². The second-order valence-electron chi connectivity index (χ2n) is 7.33. The highest BCUT2D eigenvalue weighted by molar-refractivity contribution is 7.91. The Morgan fingerprint density at radius 3 is 2.45 bits per heavy atom. The molecular formula is C24H19F3N2O3S. The monoisotopic (exact) mass is 472 g/mol. The molecule has 0 fully saturated rings. The van der Waals surface area contributed by atoms with Crippen LogP contribution in [0.2, 0.25) is 0 Å². The Bertz CT molecular complexity index is 1230. The molecule has 3 aromatic carbocycles. The number of halogens is 3. The van der Waals surface area contributed by atoms with Crippen LogP contribution in [-0.4, -0.2) is 22.9 Å². The molecule has 0 radical (unpaired) electrons. The number of nitrogens with one attached hydrogen (secondary N) is 1. The summed E-state index contributed by atoms with van der Waals surface area (Å²) < 4.78 is 52.8. The van der Waals surface area contributed by atoms with Gasteiger partial charge >= 0.3 is 6.18 Å². The number of nitrogens with zero attached hydrogens (tertiary/aromatic N) is 1. The number of fused-ring (bicyclic) bond motifs is 2. The van der Waals surface area contributed by atoms with Crippen molar-refractivity contribution >= 4 is 28.7 Å². The lowest BCUT2D eigenvalue weighted by atomic mass is 10.1. The molecule has 1 unspecified atom stereocenters. The van der Waals surface area contributed by atoms with Gasteiger partial charge in [-0.3, -0.25) is 9.59 Å². The quantitative estimate of drug-likeness (QED) is 0.556. The van der Waals surface area contributed by atoms with Crippen LogP contribution in [-0.2, 0) is 23.9 Å². The van der Waals surface area contributed by atoms with E-state index in [2.05, 4.69) is 5.32 Å². The topological polar surface area (TPSA) is 72.5 Å². The van der Waals surface area contributed by atoms with E-state index in [0.717, 1.165) is 6.07 Å². The molecule has 1 N–H and O–H groups in total. The molecule has 1 atom stereocenters. The summed E-state index contributed by atoms with van der Waals surface area (Å²) >= 11 is -1.64. The maximum Gasteiger partial charge on any atom is 0.416 e. The van der Waals surface area contributed by atoms with Crippen LogP contribution >= 0.6 is 0 Å². The fourth-order valence-corrected chi connectivity index (χ4v) is 5.09. The molecule has 5 nitrogen and oxygen atoms in total. The summed E-state index contributed by atoms with van der Waals surface area (Å²) in [7, 11) is 0. The van der Waals surface area contributed by atoms with E-state index in [4.69, 9.17) is 0 Å². The predicted molar refractivity (Wildman–Crippen MR) is 118 cm³/mol. The molecule has 0 spiro atoms. The number of rotatable bonds is 4. The third kappa shape index (κ3) is 4.34. The summed E-state index contributed by atoms with van der Waals surface area (Å²) in [6.45, 7) is 1.72. The van der Waals surface area contributed by atoms with Crippen molar-refractivity contribution in [3.05, 3.63) is 89.0 Å². The van der Waals surface area contributed by atoms with E-state index in [0.29, 0.717) is 21.0 Å². The first-order valence-corrected chi connectivity index (χ1v) is 11.3. The van der Waals surface area contributed by atoms with Crippen LogP contribution in [0.5, 0.6) is 0 Å². The molecule has 1 aliphatic rings. The molecule has 2 amide bonds. The Balaban J connectivity index is 1.64. The van der Waals surface area contributed by atoms with Crippen LogP contribution in [0.25, 0.3) is 0 Å². The smallest absolute Gasteiger partial charge is 0.416 e. The van der Waals surface area contributed by atoms with Gasteiger partial charge < -0.3 is 14.8 Å². The third-order valence-corrected chi connectivity index (χ3v) is 6.85. The summed E-state index contributed by atoms with van der Waals surface area (Å²) in [6, 6.07) is 16.1. The predicted octanol–water partition coefficient (Wildman–Crippen LogP) is 4.78. The minimum Gasteiger partial charge on any atom is -0.606 e. The van der Waals surface area contributed by atoms with Gasteiger partial charge in [-0.25, -0.2) is 0 Å². The van der Waals surface area contributed by atoms with E-state index in [1.807, 2.05) is 0 Å². The van der Waals surface area contributed by atoms with Crippen molar-refractivity contribution in [2.24, 2.45) is 0 Å². The zero-order valence-corrected chi connectivity index (χ0v) is 18.3. The summed E-state index contributed by atoms with van der Waals surface area (Å²) in [5, 5.41) is 2.50. The maximum absolute atomic E-state index is 13.2. The molecule has 0 aromatic heterocycles. The van der Waals surface area contributed by atoms with E-state index in [9.17, 15) is 27.3 Å². The minimum atomic E-state index is -4.54. The van der Waals surface area contributed by atoms with E-state index in [-0.39, 0.29) is 30.1 Å². The Morgan fingerprint density at radius 1 is 1.03 bits per heavy atom. The van der Waals surface area contributed by atoms with Gasteiger partial charge in [-0.05, 0) is 48.9 Å². The number of hydrogen-bond donors (Lipinski definition) is 1. The van der Waals surface area contributed by atoms with Crippen LogP contribution < -0.4 is 10.2 Å². The second kappa shape index (κ2) is 8.92. The van der Waals surface area contributed by atoms with Gasteiger partial charge in [0.1, 0.15) is 5.69 Å². The molecule has 170 valence electrons. The van der Waals surface area contributed by atoms with Crippen molar-refractivity contribution in [2.45, 2.75) is 29.4 Å². The highest BCUT2D eigenvalue weighted by Gasteiger charge is 2.35. The zero-order chi connectivity index (χ0) is 23.8. The van der Waals surface area contributed by atoms with Gasteiger partial charge in [0.2, 0.25) is 0 Å². The van der Waals surface area contributed by atoms with Gasteiger partial charge in [-0.2, -0.15) is 13.2 Å². The lowest BCUT2D eigenvalue weighted by Gasteiger charge is -2.20. The molecular weight excluding hydrogens is 453 g/mol. The number of amides is 2. The zero-order valence-electron chi connectivity index (χ0n) is 17.5. The Hall–Kier alpha value is -3.30. The van der Waals surface area contributed by atoms with Gasteiger partial charge in [0.15, 0.2) is 9.79 Å². The number of hydrogen-bond acceptors (Lipinski definition) is 3. The Kier molecular flexibility index (Phi) is 6.18. The number of benzene rings is 3. The van der Waals surface area contributed by atoms with Crippen LogP contribution in [0.1, 0.15) is 38.8 Å². The van der Waals surface area contributed by atoms with Gasteiger partial charge in [-0.15, -0.1) is 0 Å². The molecule has 1 aliphatic heterocycles. The summed E-state index contributed by atoms with van der Waals surface area (Å²) in [6.07, 6.45) is -4.54. The summed E-state index contributed by atoms with van der Waals surface area (Å²) in [4.78, 5) is 28.1. The van der Waals surface area contributed by atoms with Gasteiger partial charge in [-0.1, -0.05) is 30.3 Å². The van der Waals surface area contributed by atoms with Crippen LogP contribution in [0.15, 0.2) is 76.5 Å². The number of carbonyl (C=O) groups is 2. The average Bonchev–Trinajstić information content (AvgIpc) is 2.90. The van der Waals surface area contributed by atoms with Crippen molar-refractivity contribution in [3.63, 3.8) is 0 Å². The van der Waals surface area contributed by atoms with E-state index >= 15 is 0 Å².